The second-order valence-corrected chi connectivity index (χ2v) is 5.96. The van der Waals surface area contributed by atoms with Crippen molar-refractivity contribution in [3.8, 4) is 11.5 Å². The fourth-order valence-electron chi connectivity index (χ4n) is 2.38. The molecule has 30 heavy (non-hydrogen) atoms. The minimum absolute atomic E-state index is 0.0868. The van der Waals surface area contributed by atoms with E-state index < -0.39 is 29.1 Å². The molecule has 0 unspecified atom stereocenters. The van der Waals surface area contributed by atoms with Crippen LogP contribution in [-0.2, 0) is 14.3 Å². The van der Waals surface area contributed by atoms with Crippen molar-refractivity contribution in [3.63, 3.8) is 0 Å². The van der Waals surface area contributed by atoms with Gasteiger partial charge in [-0.3, -0.25) is 9.59 Å². The number of hydrogen-bond acceptors (Lipinski definition) is 8. The first-order valence-corrected chi connectivity index (χ1v) is 9.02. The van der Waals surface area contributed by atoms with E-state index in [0.29, 0.717) is 13.2 Å². The molecule has 0 spiro atoms. The average molecular weight is 417 g/mol. The van der Waals surface area contributed by atoms with Crippen molar-refractivity contribution in [3.05, 3.63) is 53.6 Å². The maximum atomic E-state index is 12.2. The van der Waals surface area contributed by atoms with Gasteiger partial charge in [0.15, 0.2) is 5.75 Å². The molecule has 0 aromatic heterocycles. The zero-order valence-electron chi connectivity index (χ0n) is 16.1. The molecule has 6 N–H and O–H groups in total. The molecule has 0 radical (unpaired) electrons. The molecule has 0 saturated carbocycles. The van der Waals surface area contributed by atoms with Crippen LogP contribution in [0.25, 0.3) is 0 Å². The zero-order chi connectivity index (χ0) is 21.9. The number of benzene rings is 2. The molecule has 10 heteroatoms. The van der Waals surface area contributed by atoms with E-state index in [9.17, 15) is 19.5 Å². The minimum atomic E-state index is -1.03. The second-order valence-electron chi connectivity index (χ2n) is 5.96. The molecule has 0 aliphatic carbocycles. The smallest absolute Gasteiger partial charge is 0.343 e. The molecule has 0 heterocycles. The number of ether oxygens (including phenoxy) is 3. The summed E-state index contributed by atoms with van der Waals surface area (Å²) in [7, 11) is 0. The Morgan fingerprint density at radius 1 is 0.967 bits per heavy atom. The first-order chi connectivity index (χ1) is 14.4. The summed E-state index contributed by atoms with van der Waals surface area (Å²) < 4.78 is 15.4. The summed E-state index contributed by atoms with van der Waals surface area (Å²) in [4.78, 5) is 36.0. The number of primary amides is 1. The summed E-state index contributed by atoms with van der Waals surface area (Å²) in [6.45, 7) is 0.935. The third-order valence-electron chi connectivity index (χ3n) is 3.74. The van der Waals surface area contributed by atoms with E-state index in [4.69, 9.17) is 25.7 Å². The third-order valence-corrected chi connectivity index (χ3v) is 3.74. The molecule has 160 valence electrons. The van der Waals surface area contributed by atoms with E-state index >= 15 is 0 Å². The van der Waals surface area contributed by atoms with Crippen LogP contribution in [0.4, 0.5) is 5.69 Å². The van der Waals surface area contributed by atoms with Gasteiger partial charge in [0.1, 0.15) is 17.9 Å². The van der Waals surface area contributed by atoms with Crippen LogP contribution >= 0.6 is 0 Å². The lowest BCUT2D eigenvalue weighted by molar-refractivity contribution is -0.121. The molecular weight excluding hydrogens is 394 g/mol. The van der Waals surface area contributed by atoms with E-state index in [1.165, 1.54) is 24.3 Å². The molecule has 2 rings (SSSR count). The highest BCUT2D eigenvalue weighted by atomic mass is 16.5. The van der Waals surface area contributed by atoms with Gasteiger partial charge in [-0.2, -0.15) is 0 Å². The first kappa shape index (κ1) is 22.8. The van der Waals surface area contributed by atoms with Gasteiger partial charge in [-0.05, 0) is 24.3 Å². The summed E-state index contributed by atoms with van der Waals surface area (Å²) in [5.41, 5.74) is 10.3. The lowest BCUT2D eigenvalue weighted by Crippen LogP contribution is -2.21. The van der Waals surface area contributed by atoms with Gasteiger partial charge in [-0.25, -0.2) is 4.79 Å². The standard InChI is InChI=1S/C20H23N3O7/c21-8-9-28-10-11-29-12-16(24)23-14-6-7-15(17(18(14)25)19(22)26)30-20(27)13-4-2-1-3-5-13/h1-7,25H,8-12,21H2,(H2,22,26)(H,23,24). The zero-order valence-corrected chi connectivity index (χ0v) is 16.1. The summed E-state index contributed by atoms with van der Waals surface area (Å²) in [5.74, 6) is -3.21. The molecule has 2 aromatic rings. The maximum Gasteiger partial charge on any atom is 0.343 e. The van der Waals surface area contributed by atoms with Crippen LogP contribution in [-0.4, -0.2) is 55.9 Å². The Bertz CT molecular complexity index is 887. The Balaban J connectivity index is 2.05. The summed E-state index contributed by atoms with van der Waals surface area (Å²) in [6, 6.07) is 10.6. The second kappa shape index (κ2) is 11.5. The van der Waals surface area contributed by atoms with Gasteiger partial charge in [0.25, 0.3) is 5.91 Å². The molecule has 0 aliphatic heterocycles. The Labute approximate surface area is 172 Å². The summed E-state index contributed by atoms with van der Waals surface area (Å²) in [5, 5.41) is 12.8. The number of esters is 1. The van der Waals surface area contributed by atoms with E-state index in [1.54, 1.807) is 18.2 Å². The number of hydrogen-bond donors (Lipinski definition) is 4. The van der Waals surface area contributed by atoms with E-state index in [-0.39, 0.29) is 36.8 Å². The van der Waals surface area contributed by atoms with E-state index in [1.807, 2.05) is 0 Å². The van der Waals surface area contributed by atoms with Gasteiger partial charge < -0.3 is 36.1 Å². The largest absolute Gasteiger partial charge is 0.505 e. The van der Waals surface area contributed by atoms with E-state index in [2.05, 4.69) is 5.32 Å². The molecule has 0 saturated heterocycles. The van der Waals surface area contributed by atoms with Crippen molar-refractivity contribution in [1.82, 2.24) is 0 Å². The number of nitrogens with two attached hydrogens (primary N) is 2. The van der Waals surface area contributed by atoms with Gasteiger partial charge in [0.05, 0.1) is 31.1 Å². The SMILES string of the molecule is NCCOCCOCC(=O)Nc1ccc(OC(=O)c2ccccc2)c(C(N)=O)c1O. The highest BCUT2D eigenvalue weighted by Gasteiger charge is 2.22. The van der Waals surface area contributed by atoms with Crippen LogP contribution in [0, 0.1) is 0 Å². The Kier molecular flexibility index (Phi) is 8.75. The van der Waals surface area contributed by atoms with Gasteiger partial charge in [0.2, 0.25) is 5.91 Å². The van der Waals surface area contributed by atoms with Crippen LogP contribution in [0.1, 0.15) is 20.7 Å². The fourth-order valence-corrected chi connectivity index (χ4v) is 2.38. The first-order valence-electron chi connectivity index (χ1n) is 9.02. The lowest BCUT2D eigenvalue weighted by Gasteiger charge is -2.14. The lowest BCUT2D eigenvalue weighted by atomic mass is 10.1. The number of rotatable bonds is 11. The minimum Gasteiger partial charge on any atom is -0.505 e. The number of carbonyl (C=O) groups is 3. The van der Waals surface area contributed by atoms with Crippen LogP contribution in [0.2, 0.25) is 0 Å². The molecular formula is C20H23N3O7. The Hall–Kier alpha value is -3.47. The van der Waals surface area contributed by atoms with Gasteiger partial charge in [-0.1, -0.05) is 18.2 Å². The number of nitrogens with one attached hydrogen (secondary N) is 1. The molecule has 2 aromatic carbocycles. The quantitative estimate of drug-likeness (QED) is 0.179. The van der Waals surface area contributed by atoms with Gasteiger partial charge >= 0.3 is 5.97 Å². The maximum absolute atomic E-state index is 12.2. The Morgan fingerprint density at radius 3 is 2.33 bits per heavy atom. The number of anilines is 1. The highest BCUT2D eigenvalue weighted by Crippen LogP contribution is 2.35. The van der Waals surface area contributed by atoms with Crippen LogP contribution in [0.5, 0.6) is 11.5 Å². The van der Waals surface area contributed by atoms with Gasteiger partial charge in [0, 0.05) is 6.54 Å². The van der Waals surface area contributed by atoms with Crippen LogP contribution in [0.3, 0.4) is 0 Å². The molecule has 10 nitrogen and oxygen atoms in total. The number of phenols is 1. The normalized spacial score (nSPS) is 10.4. The van der Waals surface area contributed by atoms with Crippen molar-refractivity contribution in [2.45, 2.75) is 0 Å². The highest BCUT2D eigenvalue weighted by molar-refractivity contribution is 6.04. The van der Waals surface area contributed by atoms with Gasteiger partial charge in [-0.15, -0.1) is 0 Å². The molecule has 0 fully saturated rings. The average Bonchev–Trinajstić information content (AvgIpc) is 2.73. The van der Waals surface area contributed by atoms with Crippen LogP contribution < -0.4 is 21.5 Å². The summed E-state index contributed by atoms with van der Waals surface area (Å²) in [6.07, 6.45) is 0. The molecule has 2 amide bonds. The number of aromatic hydroxyl groups is 1. The van der Waals surface area contributed by atoms with Crippen molar-refractivity contribution in [2.24, 2.45) is 11.5 Å². The predicted molar refractivity (Wildman–Crippen MR) is 107 cm³/mol. The number of amides is 2. The van der Waals surface area contributed by atoms with Crippen molar-refractivity contribution < 1.29 is 33.7 Å². The topological polar surface area (TPSA) is 163 Å². The van der Waals surface area contributed by atoms with Crippen LogP contribution in [0.15, 0.2) is 42.5 Å². The molecule has 0 aliphatic rings. The van der Waals surface area contributed by atoms with E-state index in [0.717, 1.165) is 0 Å². The predicted octanol–water partition coefficient (Wildman–Crippen LogP) is 0.641. The van der Waals surface area contributed by atoms with Crippen molar-refractivity contribution in [2.75, 3.05) is 38.3 Å². The molecule has 0 atom stereocenters. The monoisotopic (exact) mass is 417 g/mol. The number of carbonyl (C=O) groups excluding carboxylic acids is 3. The fraction of sp³-hybridized carbons (Fsp3) is 0.250. The third kappa shape index (κ3) is 6.55. The van der Waals surface area contributed by atoms with Crippen molar-refractivity contribution >= 4 is 23.5 Å². The van der Waals surface area contributed by atoms with Crippen molar-refractivity contribution in [1.29, 1.82) is 0 Å². The molecule has 0 bridgehead atoms. The summed E-state index contributed by atoms with van der Waals surface area (Å²) >= 11 is 0. The Morgan fingerprint density at radius 2 is 1.67 bits per heavy atom.